The number of aliphatic hydroxyl groups excluding tert-OH is 1. The molecule has 0 amide bonds. The highest BCUT2D eigenvalue weighted by Gasteiger charge is 2.21. The van der Waals surface area contributed by atoms with Gasteiger partial charge in [0.25, 0.3) is 0 Å². The van der Waals surface area contributed by atoms with E-state index in [-0.39, 0.29) is 6.61 Å². The molecule has 3 nitrogen and oxygen atoms in total. The largest absolute Gasteiger partial charge is 0.396 e. The fraction of sp³-hybridized carbons (Fsp3) is 0.500. The number of hydrogen-bond acceptors (Lipinski definition) is 2. The highest BCUT2D eigenvalue weighted by atomic mass is 16.2. The molecule has 102 valence electrons. The van der Waals surface area contributed by atoms with Gasteiger partial charge < -0.3 is 9.67 Å². The van der Waals surface area contributed by atoms with Crippen LogP contribution in [0, 0.1) is 6.92 Å². The molecule has 3 rings (SSSR count). The van der Waals surface area contributed by atoms with Gasteiger partial charge in [-0.15, -0.1) is 0 Å². The van der Waals surface area contributed by atoms with Gasteiger partial charge in [0, 0.05) is 43.3 Å². The standard InChI is InChI=1S/C16H22N2O/c1-4-18-9-12-7-15-14(5-6-19)11(2)17(3)16(15)8-13(12)10-18/h7-8,19H,4-6,9-10H2,1-3H3. The van der Waals surface area contributed by atoms with Crippen LogP contribution in [0.4, 0.5) is 0 Å². The van der Waals surface area contributed by atoms with Crippen LogP contribution in [0.25, 0.3) is 10.9 Å². The lowest BCUT2D eigenvalue weighted by atomic mass is 10.0. The SMILES string of the molecule is CCN1Cc2cc3c(CCO)c(C)n(C)c3cc2C1. The van der Waals surface area contributed by atoms with Crippen LogP contribution in [0.3, 0.4) is 0 Å². The molecule has 0 radical (unpaired) electrons. The fourth-order valence-corrected chi connectivity index (χ4v) is 3.26. The minimum Gasteiger partial charge on any atom is -0.396 e. The van der Waals surface area contributed by atoms with Crippen LogP contribution in [0.15, 0.2) is 12.1 Å². The van der Waals surface area contributed by atoms with E-state index in [1.165, 1.54) is 33.3 Å². The summed E-state index contributed by atoms with van der Waals surface area (Å²) in [5.74, 6) is 0. The molecule has 0 bridgehead atoms. The Bertz CT molecular complexity index is 627. The van der Waals surface area contributed by atoms with Crippen molar-refractivity contribution in [3.63, 3.8) is 0 Å². The Morgan fingerprint density at radius 3 is 2.53 bits per heavy atom. The normalized spacial score (nSPS) is 15.4. The van der Waals surface area contributed by atoms with E-state index in [0.717, 1.165) is 26.1 Å². The predicted molar refractivity (Wildman–Crippen MR) is 78.2 cm³/mol. The van der Waals surface area contributed by atoms with Gasteiger partial charge in [-0.05, 0) is 48.7 Å². The maximum absolute atomic E-state index is 9.27. The zero-order valence-electron chi connectivity index (χ0n) is 12.0. The molecule has 0 atom stereocenters. The number of aliphatic hydroxyl groups is 1. The van der Waals surface area contributed by atoms with Gasteiger partial charge in [0.2, 0.25) is 0 Å². The van der Waals surface area contributed by atoms with Crippen molar-refractivity contribution >= 4 is 10.9 Å². The lowest BCUT2D eigenvalue weighted by Gasteiger charge is -2.09. The van der Waals surface area contributed by atoms with Gasteiger partial charge >= 0.3 is 0 Å². The first-order chi connectivity index (χ1) is 9.15. The molecule has 0 spiro atoms. The van der Waals surface area contributed by atoms with Crippen molar-refractivity contribution in [2.45, 2.75) is 33.4 Å². The summed E-state index contributed by atoms with van der Waals surface area (Å²) in [4.78, 5) is 2.46. The zero-order valence-corrected chi connectivity index (χ0v) is 12.0. The van der Waals surface area contributed by atoms with Gasteiger partial charge in [-0.2, -0.15) is 0 Å². The first-order valence-electron chi connectivity index (χ1n) is 7.08. The first-order valence-corrected chi connectivity index (χ1v) is 7.08. The smallest absolute Gasteiger partial charge is 0.0486 e. The minimum atomic E-state index is 0.220. The van der Waals surface area contributed by atoms with Gasteiger partial charge in [0.15, 0.2) is 0 Å². The molecule has 1 N–H and O–H groups in total. The van der Waals surface area contributed by atoms with Gasteiger partial charge in [-0.25, -0.2) is 0 Å². The Morgan fingerprint density at radius 2 is 1.89 bits per heavy atom. The molecule has 1 aromatic carbocycles. The van der Waals surface area contributed by atoms with E-state index in [9.17, 15) is 5.11 Å². The van der Waals surface area contributed by atoms with E-state index in [1.54, 1.807) is 0 Å². The maximum atomic E-state index is 9.27. The van der Waals surface area contributed by atoms with E-state index in [1.807, 2.05) is 0 Å². The van der Waals surface area contributed by atoms with Crippen LogP contribution in [-0.2, 0) is 26.6 Å². The summed E-state index contributed by atoms with van der Waals surface area (Å²) in [5.41, 5.74) is 6.81. The molecule has 0 aliphatic carbocycles. The van der Waals surface area contributed by atoms with E-state index in [4.69, 9.17) is 0 Å². The van der Waals surface area contributed by atoms with Crippen molar-refractivity contribution in [2.24, 2.45) is 7.05 Å². The number of aromatic nitrogens is 1. The van der Waals surface area contributed by atoms with E-state index in [0.29, 0.717) is 0 Å². The molecule has 0 saturated carbocycles. The van der Waals surface area contributed by atoms with Gasteiger partial charge in [0.1, 0.15) is 0 Å². The number of benzene rings is 1. The summed E-state index contributed by atoms with van der Waals surface area (Å²) in [6.45, 7) is 7.82. The number of hydrogen-bond donors (Lipinski definition) is 1. The Morgan fingerprint density at radius 1 is 1.21 bits per heavy atom. The summed E-state index contributed by atoms with van der Waals surface area (Å²) in [5, 5.41) is 10.6. The third kappa shape index (κ3) is 1.88. The van der Waals surface area contributed by atoms with Crippen molar-refractivity contribution in [3.8, 4) is 0 Å². The lowest BCUT2D eigenvalue weighted by Crippen LogP contribution is -2.14. The summed E-state index contributed by atoms with van der Waals surface area (Å²) >= 11 is 0. The van der Waals surface area contributed by atoms with Crippen molar-refractivity contribution in [1.82, 2.24) is 9.47 Å². The van der Waals surface area contributed by atoms with E-state index >= 15 is 0 Å². The zero-order chi connectivity index (χ0) is 13.6. The number of aryl methyl sites for hydroxylation is 1. The second-order valence-corrected chi connectivity index (χ2v) is 5.54. The van der Waals surface area contributed by atoms with Crippen LogP contribution >= 0.6 is 0 Å². The fourth-order valence-electron chi connectivity index (χ4n) is 3.26. The summed E-state index contributed by atoms with van der Waals surface area (Å²) < 4.78 is 2.26. The van der Waals surface area contributed by atoms with Crippen molar-refractivity contribution in [1.29, 1.82) is 0 Å². The molecule has 19 heavy (non-hydrogen) atoms. The third-order valence-corrected chi connectivity index (χ3v) is 4.54. The van der Waals surface area contributed by atoms with Crippen LogP contribution in [0.2, 0.25) is 0 Å². The molecule has 1 aromatic heterocycles. The van der Waals surface area contributed by atoms with Crippen molar-refractivity contribution in [2.75, 3.05) is 13.2 Å². The molecule has 0 saturated heterocycles. The maximum Gasteiger partial charge on any atom is 0.0486 e. The van der Waals surface area contributed by atoms with Gasteiger partial charge in [-0.3, -0.25) is 4.90 Å². The topological polar surface area (TPSA) is 28.4 Å². The van der Waals surface area contributed by atoms with E-state index in [2.05, 4.69) is 42.5 Å². The average molecular weight is 258 g/mol. The Balaban J connectivity index is 2.17. The third-order valence-electron chi connectivity index (χ3n) is 4.54. The molecule has 2 aromatic rings. The molecule has 1 aliphatic rings. The molecule has 3 heteroatoms. The summed E-state index contributed by atoms with van der Waals surface area (Å²) in [6, 6.07) is 4.69. The molecular formula is C16H22N2O. The second kappa shape index (κ2) is 4.66. The quantitative estimate of drug-likeness (QED) is 0.915. The predicted octanol–water partition coefficient (Wildman–Crippen LogP) is 2.36. The monoisotopic (exact) mass is 258 g/mol. The first kappa shape index (κ1) is 12.7. The molecule has 2 heterocycles. The summed E-state index contributed by atoms with van der Waals surface area (Å²) in [7, 11) is 2.12. The number of fused-ring (bicyclic) bond motifs is 2. The Hall–Kier alpha value is -1.32. The average Bonchev–Trinajstić information content (AvgIpc) is 2.92. The lowest BCUT2D eigenvalue weighted by molar-refractivity contribution is 0.299. The Kier molecular flexibility index (Phi) is 3.11. The Labute approximate surface area is 114 Å². The van der Waals surface area contributed by atoms with Crippen LogP contribution in [0.5, 0.6) is 0 Å². The molecule has 0 fully saturated rings. The highest BCUT2D eigenvalue weighted by molar-refractivity contribution is 5.87. The van der Waals surface area contributed by atoms with Crippen LogP contribution in [-0.4, -0.2) is 27.7 Å². The van der Waals surface area contributed by atoms with Gasteiger partial charge in [0.05, 0.1) is 0 Å². The number of rotatable bonds is 3. The van der Waals surface area contributed by atoms with E-state index < -0.39 is 0 Å². The second-order valence-electron chi connectivity index (χ2n) is 5.54. The number of nitrogens with zero attached hydrogens (tertiary/aromatic N) is 2. The van der Waals surface area contributed by atoms with Crippen LogP contribution in [0.1, 0.15) is 29.3 Å². The van der Waals surface area contributed by atoms with Crippen molar-refractivity contribution in [3.05, 3.63) is 34.5 Å². The minimum absolute atomic E-state index is 0.220. The molecular weight excluding hydrogens is 236 g/mol. The highest BCUT2D eigenvalue weighted by Crippen LogP contribution is 2.32. The molecule has 0 unspecified atom stereocenters. The van der Waals surface area contributed by atoms with Crippen LogP contribution < -0.4 is 0 Å². The summed E-state index contributed by atoms with van der Waals surface area (Å²) in [6.07, 6.45) is 0.749. The van der Waals surface area contributed by atoms with Crippen molar-refractivity contribution < 1.29 is 5.11 Å². The molecule has 1 aliphatic heterocycles. The van der Waals surface area contributed by atoms with Gasteiger partial charge in [-0.1, -0.05) is 6.92 Å².